The number of fused-ring (bicyclic) bond motifs is 6. The van der Waals surface area contributed by atoms with Crippen molar-refractivity contribution in [3.8, 4) is 17.2 Å². The summed E-state index contributed by atoms with van der Waals surface area (Å²) in [5, 5.41) is 6.50. The summed E-state index contributed by atoms with van der Waals surface area (Å²) in [7, 11) is 4.79. The van der Waals surface area contributed by atoms with Crippen LogP contribution in [0.15, 0.2) is 82.0 Å². The van der Waals surface area contributed by atoms with Gasteiger partial charge in [0.05, 0.1) is 32.6 Å². The highest BCUT2D eigenvalue weighted by Crippen LogP contribution is 2.51. The number of benzene rings is 4. The first-order valence-corrected chi connectivity index (χ1v) is 11.3. The maximum absolute atomic E-state index is 13.6. The standard InChI is InChI=1S/C29H23NO5/c1-32-22-15-24(34-3)23(33-2)14-19(22)26-25-17-9-5-4-8-16(17)12-13-20(25)30-28-18-10-6-7-11-21(18)35-29(31)27(26)28/h4-15,26,30H,1-3H3. The molecule has 0 aliphatic carbocycles. The van der Waals surface area contributed by atoms with Gasteiger partial charge < -0.3 is 23.9 Å². The summed E-state index contributed by atoms with van der Waals surface area (Å²) in [4.78, 5) is 13.6. The Kier molecular flexibility index (Phi) is 4.88. The molecule has 1 N–H and O–H groups in total. The molecule has 6 heteroatoms. The molecule has 4 aromatic carbocycles. The lowest BCUT2D eigenvalue weighted by molar-refractivity contribution is 0.347. The molecule has 1 atom stereocenters. The van der Waals surface area contributed by atoms with Gasteiger partial charge in [-0.1, -0.05) is 42.5 Å². The van der Waals surface area contributed by atoms with Crippen LogP contribution in [-0.4, -0.2) is 21.3 Å². The third-order valence-electron chi connectivity index (χ3n) is 6.70. The topological polar surface area (TPSA) is 69.9 Å². The fourth-order valence-electron chi connectivity index (χ4n) is 5.15. The molecule has 0 spiro atoms. The molecule has 6 nitrogen and oxygen atoms in total. The van der Waals surface area contributed by atoms with Crippen molar-refractivity contribution < 1.29 is 18.6 Å². The number of para-hydroxylation sites is 1. The van der Waals surface area contributed by atoms with Crippen molar-refractivity contribution in [3.05, 3.63) is 99.9 Å². The predicted molar refractivity (Wildman–Crippen MR) is 137 cm³/mol. The number of anilines is 2. The van der Waals surface area contributed by atoms with E-state index in [2.05, 4.69) is 29.6 Å². The summed E-state index contributed by atoms with van der Waals surface area (Å²) in [6.45, 7) is 0. The molecule has 2 heterocycles. The molecule has 0 fully saturated rings. The third-order valence-corrected chi connectivity index (χ3v) is 6.70. The Morgan fingerprint density at radius 1 is 0.743 bits per heavy atom. The van der Waals surface area contributed by atoms with Crippen molar-refractivity contribution in [2.24, 2.45) is 0 Å². The van der Waals surface area contributed by atoms with Crippen molar-refractivity contribution in [1.29, 1.82) is 0 Å². The summed E-state index contributed by atoms with van der Waals surface area (Å²) < 4.78 is 22.8. The van der Waals surface area contributed by atoms with Gasteiger partial charge in [-0.3, -0.25) is 0 Å². The van der Waals surface area contributed by atoms with Crippen molar-refractivity contribution in [3.63, 3.8) is 0 Å². The highest BCUT2D eigenvalue weighted by molar-refractivity contribution is 6.01. The Bertz CT molecular complexity index is 1670. The van der Waals surface area contributed by atoms with Gasteiger partial charge in [-0.15, -0.1) is 0 Å². The number of rotatable bonds is 4. The van der Waals surface area contributed by atoms with Crippen LogP contribution in [0, 0.1) is 0 Å². The molecular formula is C29H23NO5. The fraction of sp³-hybridized carbons (Fsp3) is 0.138. The van der Waals surface area contributed by atoms with Crippen LogP contribution in [0.2, 0.25) is 0 Å². The van der Waals surface area contributed by atoms with E-state index in [-0.39, 0.29) is 0 Å². The van der Waals surface area contributed by atoms with E-state index in [4.69, 9.17) is 18.6 Å². The second-order valence-electron chi connectivity index (χ2n) is 8.43. The second kappa shape index (κ2) is 8.09. The second-order valence-corrected chi connectivity index (χ2v) is 8.43. The predicted octanol–water partition coefficient (Wildman–Crippen LogP) is 6.21. The first kappa shape index (κ1) is 21.1. The van der Waals surface area contributed by atoms with Gasteiger partial charge in [0.25, 0.3) is 0 Å². The van der Waals surface area contributed by atoms with E-state index in [1.165, 1.54) is 0 Å². The smallest absolute Gasteiger partial charge is 0.342 e. The van der Waals surface area contributed by atoms with E-state index >= 15 is 0 Å². The van der Waals surface area contributed by atoms with Gasteiger partial charge in [-0.25, -0.2) is 4.79 Å². The molecular weight excluding hydrogens is 442 g/mol. The summed E-state index contributed by atoms with van der Waals surface area (Å²) >= 11 is 0. The van der Waals surface area contributed by atoms with E-state index in [1.807, 2.05) is 36.4 Å². The normalized spacial score (nSPS) is 14.2. The molecule has 5 aromatic rings. The van der Waals surface area contributed by atoms with Crippen molar-refractivity contribution >= 4 is 33.1 Å². The zero-order chi connectivity index (χ0) is 24.1. The zero-order valence-electron chi connectivity index (χ0n) is 19.5. The van der Waals surface area contributed by atoms with Crippen LogP contribution in [0.1, 0.15) is 22.6 Å². The van der Waals surface area contributed by atoms with Crippen LogP contribution < -0.4 is 25.2 Å². The SMILES string of the molecule is COc1cc(OC)c(C2c3c(c4ccccc4oc3=O)Nc3ccc4ccccc4c32)cc1OC. The van der Waals surface area contributed by atoms with E-state index in [1.54, 1.807) is 33.5 Å². The maximum Gasteiger partial charge on any atom is 0.342 e. The quantitative estimate of drug-likeness (QED) is 0.312. The fourth-order valence-corrected chi connectivity index (χ4v) is 5.15. The molecule has 1 unspecified atom stereocenters. The molecule has 0 saturated carbocycles. The van der Waals surface area contributed by atoms with Crippen LogP contribution in [0.25, 0.3) is 21.7 Å². The molecule has 1 aliphatic rings. The van der Waals surface area contributed by atoms with E-state index in [0.717, 1.165) is 38.7 Å². The summed E-state index contributed by atoms with van der Waals surface area (Å²) in [6, 6.07) is 23.5. The van der Waals surface area contributed by atoms with E-state index in [0.29, 0.717) is 28.4 Å². The summed E-state index contributed by atoms with van der Waals surface area (Å²) in [6.07, 6.45) is 0. The monoisotopic (exact) mass is 465 g/mol. The minimum atomic E-state index is -0.469. The first-order chi connectivity index (χ1) is 17.1. The lowest BCUT2D eigenvalue weighted by atomic mass is 9.78. The van der Waals surface area contributed by atoms with E-state index < -0.39 is 11.5 Å². The molecule has 35 heavy (non-hydrogen) atoms. The Labute approximate surface area is 201 Å². The maximum atomic E-state index is 13.6. The van der Waals surface area contributed by atoms with Gasteiger partial charge in [-0.2, -0.15) is 0 Å². The number of hydrogen-bond donors (Lipinski definition) is 1. The number of nitrogens with one attached hydrogen (secondary N) is 1. The van der Waals surface area contributed by atoms with Gasteiger partial charge in [0, 0.05) is 28.6 Å². The largest absolute Gasteiger partial charge is 0.496 e. The highest BCUT2D eigenvalue weighted by Gasteiger charge is 2.36. The molecule has 0 amide bonds. The average Bonchev–Trinajstić information content (AvgIpc) is 2.91. The van der Waals surface area contributed by atoms with Crippen LogP contribution >= 0.6 is 0 Å². The van der Waals surface area contributed by atoms with Gasteiger partial charge in [0.2, 0.25) is 0 Å². The highest BCUT2D eigenvalue weighted by atomic mass is 16.5. The van der Waals surface area contributed by atoms with Crippen LogP contribution in [0.3, 0.4) is 0 Å². The first-order valence-electron chi connectivity index (χ1n) is 11.3. The molecule has 6 rings (SSSR count). The Morgan fingerprint density at radius 2 is 1.43 bits per heavy atom. The summed E-state index contributed by atoms with van der Waals surface area (Å²) in [5.74, 6) is 1.22. The zero-order valence-corrected chi connectivity index (χ0v) is 19.5. The Hall–Kier alpha value is -4.45. The minimum absolute atomic E-state index is 0.397. The van der Waals surface area contributed by atoms with Crippen LogP contribution in [0.5, 0.6) is 17.2 Å². The average molecular weight is 466 g/mol. The Balaban J connectivity index is 1.77. The third kappa shape index (κ3) is 3.14. The van der Waals surface area contributed by atoms with Crippen molar-refractivity contribution in [2.75, 3.05) is 26.6 Å². The van der Waals surface area contributed by atoms with E-state index in [9.17, 15) is 4.79 Å². The minimum Gasteiger partial charge on any atom is -0.496 e. The lowest BCUT2D eigenvalue weighted by Crippen LogP contribution is -2.23. The summed E-state index contributed by atoms with van der Waals surface area (Å²) in [5.41, 5.74) is 4.09. The van der Waals surface area contributed by atoms with Gasteiger partial charge in [-0.05, 0) is 40.6 Å². The van der Waals surface area contributed by atoms with Gasteiger partial charge in [0.15, 0.2) is 11.5 Å². The molecule has 0 radical (unpaired) electrons. The van der Waals surface area contributed by atoms with Crippen molar-refractivity contribution in [1.82, 2.24) is 0 Å². The molecule has 0 saturated heterocycles. The lowest BCUT2D eigenvalue weighted by Gasteiger charge is -2.31. The number of ether oxygens (including phenoxy) is 3. The van der Waals surface area contributed by atoms with Gasteiger partial charge >= 0.3 is 5.63 Å². The molecule has 1 aliphatic heterocycles. The molecule has 1 aromatic heterocycles. The van der Waals surface area contributed by atoms with Crippen LogP contribution in [0.4, 0.5) is 11.4 Å². The molecule has 174 valence electrons. The van der Waals surface area contributed by atoms with Crippen molar-refractivity contribution in [2.45, 2.75) is 5.92 Å². The van der Waals surface area contributed by atoms with Gasteiger partial charge in [0.1, 0.15) is 11.3 Å². The molecule has 0 bridgehead atoms. The number of methoxy groups -OCH3 is 3. The van der Waals surface area contributed by atoms with Crippen LogP contribution in [-0.2, 0) is 0 Å². The number of hydrogen-bond acceptors (Lipinski definition) is 6. The Morgan fingerprint density at radius 3 is 2.20 bits per heavy atom.